The highest BCUT2D eigenvalue weighted by Gasteiger charge is 2.15. The van der Waals surface area contributed by atoms with E-state index in [0.29, 0.717) is 11.1 Å². The summed E-state index contributed by atoms with van der Waals surface area (Å²) in [5.41, 5.74) is 3.22. The van der Waals surface area contributed by atoms with Gasteiger partial charge >= 0.3 is 0 Å². The van der Waals surface area contributed by atoms with Crippen LogP contribution in [-0.2, 0) is 0 Å². The van der Waals surface area contributed by atoms with Gasteiger partial charge < -0.3 is 14.6 Å². The normalized spacial score (nSPS) is 10.6. The lowest BCUT2D eigenvalue weighted by molar-refractivity contribution is -0.385. The number of hydrogen-bond donors (Lipinski definition) is 2. The lowest BCUT2D eigenvalue weighted by atomic mass is 10.1. The van der Waals surface area contributed by atoms with E-state index >= 15 is 0 Å². The molecule has 26 heavy (non-hydrogen) atoms. The molecule has 0 saturated carbocycles. The van der Waals surface area contributed by atoms with Crippen molar-refractivity contribution in [2.75, 3.05) is 14.2 Å². The number of hydrogen-bond acceptors (Lipinski definition) is 7. The van der Waals surface area contributed by atoms with Crippen LogP contribution in [-0.4, -0.2) is 36.4 Å². The first kappa shape index (κ1) is 18.7. The number of nitrogens with zero attached hydrogens (tertiary/aromatic N) is 2. The summed E-state index contributed by atoms with van der Waals surface area (Å²) in [6.07, 6.45) is 1.32. The maximum absolute atomic E-state index is 12.1. The van der Waals surface area contributed by atoms with Gasteiger partial charge in [-0.1, -0.05) is 6.07 Å². The second-order valence-electron chi connectivity index (χ2n) is 5.23. The predicted molar refractivity (Wildman–Crippen MR) is 94.1 cm³/mol. The van der Waals surface area contributed by atoms with Crippen molar-refractivity contribution in [2.24, 2.45) is 5.10 Å². The van der Waals surface area contributed by atoms with E-state index in [4.69, 9.17) is 9.47 Å². The maximum atomic E-state index is 12.1. The number of nitro groups is 1. The molecule has 2 rings (SSSR count). The molecule has 0 saturated heterocycles. The van der Waals surface area contributed by atoms with Crippen molar-refractivity contribution in [1.29, 1.82) is 0 Å². The summed E-state index contributed by atoms with van der Waals surface area (Å²) < 4.78 is 10.1. The number of nitrogens with one attached hydrogen (secondary N) is 1. The molecule has 1 amide bonds. The highest BCUT2D eigenvalue weighted by Crippen LogP contribution is 2.36. The van der Waals surface area contributed by atoms with Crippen molar-refractivity contribution < 1.29 is 24.3 Å². The number of aromatic hydroxyl groups is 1. The van der Waals surface area contributed by atoms with Crippen LogP contribution in [0, 0.1) is 17.0 Å². The number of hydrazone groups is 1. The Kier molecular flexibility index (Phi) is 5.74. The molecule has 2 aromatic carbocycles. The minimum Gasteiger partial charge on any atom is -0.502 e. The Bertz CT molecular complexity index is 854. The third kappa shape index (κ3) is 4.07. The van der Waals surface area contributed by atoms with Gasteiger partial charge in [0, 0.05) is 22.8 Å². The monoisotopic (exact) mass is 359 g/mol. The van der Waals surface area contributed by atoms with Crippen LogP contribution in [0.5, 0.6) is 17.2 Å². The summed E-state index contributed by atoms with van der Waals surface area (Å²) in [5.74, 6) is -0.372. The van der Waals surface area contributed by atoms with Crippen LogP contribution in [0.4, 0.5) is 5.69 Å². The average Bonchev–Trinajstić information content (AvgIpc) is 2.62. The average molecular weight is 359 g/mol. The number of carbonyl (C=O) groups is 1. The van der Waals surface area contributed by atoms with Crippen molar-refractivity contribution in [2.45, 2.75) is 6.92 Å². The lowest BCUT2D eigenvalue weighted by Crippen LogP contribution is -2.17. The summed E-state index contributed by atoms with van der Waals surface area (Å²) in [4.78, 5) is 22.5. The Labute approximate surface area is 149 Å². The van der Waals surface area contributed by atoms with Gasteiger partial charge in [-0.3, -0.25) is 14.9 Å². The van der Waals surface area contributed by atoms with E-state index in [-0.39, 0.29) is 28.5 Å². The van der Waals surface area contributed by atoms with E-state index in [9.17, 15) is 20.0 Å². The Balaban J connectivity index is 2.17. The molecule has 2 N–H and O–H groups in total. The quantitative estimate of drug-likeness (QED) is 0.464. The number of methoxy groups -OCH3 is 2. The number of aryl methyl sites for hydroxylation is 1. The zero-order chi connectivity index (χ0) is 19.3. The zero-order valence-electron chi connectivity index (χ0n) is 14.3. The predicted octanol–water partition coefficient (Wildman–Crippen LogP) is 2.39. The SMILES string of the molecule is COc1cc(C=NNC(=O)c2ccc(C)c([N+](=O)[O-])c2)cc(OC)c1O. The maximum Gasteiger partial charge on any atom is 0.273 e. The number of rotatable bonds is 6. The molecule has 9 heteroatoms. The fraction of sp³-hybridized carbons (Fsp3) is 0.176. The van der Waals surface area contributed by atoms with E-state index < -0.39 is 10.8 Å². The second-order valence-corrected chi connectivity index (χ2v) is 5.23. The number of phenols is 1. The van der Waals surface area contributed by atoms with Crippen molar-refractivity contribution in [3.8, 4) is 17.2 Å². The first-order valence-electron chi connectivity index (χ1n) is 7.40. The van der Waals surface area contributed by atoms with Crippen LogP contribution in [0.3, 0.4) is 0 Å². The van der Waals surface area contributed by atoms with E-state index in [2.05, 4.69) is 10.5 Å². The molecule has 0 heterocycles. The van der Waals surface area contributed by atoms with Crippen LogP contribution < -0.4 is 14.9 Å². The third-order valence-electron chi connectivity index (χ3n) is 3.55. The third-order valence-corrected chi connectivity index (χ3v) is 3.55. The zero-order valence-corrected chi connectivity index (χ0v) is 14.3. The van der Waals surface area contributed by atoms with E-state index in [1.54, 1.807) is 6.92 Å². The van der Waals surface area contributed by atoms with Gasteiger partial charge in [-0.05, 0) is 25.1 Å². The summed E-state index contributed by atoms with van der Waals surface area (Å²) in [6.45, 7) is 1.59. The first-order valence-corrected chi connectivity index (χ1v) is 7.40. The number of carbonyl (C=O) groups excluding carboxylic acids is 1. The van der Waals surface area contributed by atoms with Crippen molar-refractivity contribution in [3.05, 3.63) is 57.1 Å². The minimum atomic E-state index is -0.595. The molecule has 0 atom stereocenters. The number of benzene rings is 2. The highest BCUT2D eigenvalue weighted by atomic mass is 16.6. The Morgan fingerprint density at radius 2 is 1.85 bits per heavy atom. The van der Waals surface area contributed by atoms with Crippen LogP contribution in [0.1, 0.15) is 21.5 Å². The van der Waals surface area contributed by atoms with Gasteiger partial charge in [0.1, 0.15) is 0 Å². The van der Waals surface area contributed by atoms with Gasteiger partial charge in [0.2, 0.25) is 5.75 Å². The molecule has 0 unspecified atom stereocenters. The molecule has 2 aromatic rings. The molecular weight excluding hydrogens is 342 g/mol. The Morgan fingerprint density at radius 1 is 1.23 bits per heavy atom. The fourth-order valence-corrected chi connectivity index (χ4v) is 2.17. The Morgan fingerprint density at radius 3 is 2.38 bits per heavy atom. The molecule has 0 aliphatic heterocycles. The summed E-state index contributed by atoms with van der Waals surface area (Å²) in [5, 5.41) is 24.6. The molecule has 0 bridgehead atoms. The van der Waals surface area contributed by atoms with E-state index in [1.807, 2.05) is 0 Å². The molecule has 0 radical (unpaired) electrons. The van der Waals surface area contributed by atoms with Crippen molar-refractivity contribution in [1.82, 2.24) is 5.43 Å². The first-order chi connectivity index (χ1) is 12.4. The molecule has 9 nitrogen and oxygen atoms in total. The molecule has 0 fully saturated rings. The molecule has 0 aliphatic carbocycles. The van der Waals surface area contributed by atoms with Gasteiger partial charge in [0.15, 0.2) is 11.5 Å². The van der Waals surface area contributed by atoms with Gasteiger partial charge in [-0.15, -0.1) is 0 Å². The van der Waals surface area contributed by atoms with Gasteiger partial charge in [0.25, 0.3) is 11.6 Å². The highest BCUT2D eigenvalue weighted by molar-refractivity contribution is 5.95. The largest absolute Gasteiger partial charge is 0.502 e. The topological polar surface area (TPSA) is 123 Å². The van der Waals surface area contributed by atoms with E-state index in [1.165, 1.54) is 50.8 Å². The van der Waals surface area contributed by atoms with Crippen LogP contribution in [0.25, 0.3) is 0 Å². The summed E-state index contributed by atoms with van der Waals surface area (Å²) in [6, 6.07) is 7.16. The van der Waals surface area contributed by atoms with Crippen molar-refractivity contribution >= 4 is 17.8 Å². The van der Waals surface area contributed by atoms with Crippen molar-refractivity contribution in [3.63, 3.8) is 0 Å². The summed E-state index contributed by atoms with van der Waals surface area (Å²) in [7, 11) is 2.78. The summed E-state index contributed by atoms with van der Waals surface area (Å²) >= 11 is 0. The van der Waals surface area contributed by atoms with Gasteiger partial charge in [0.05, 0.1) is 25.4 Å². The number of ether oxygens (including phenoxy) is 2. The van der Waals surface area contributed by atoms with Gasteiger partial charge in [-0.2, -0.15) is 5.10 Å². The molecular formula is C17H17N3O6. The smallest absolute Gasteiger partial charge is 0.273 e. The van der Waals surface area contributed by atoms with Crippen LogP contribution >= 0.6 is 0 Å². The second kappa shape index (κ2) is 7.97. The molecule has 0 aromatic heterocycles. The standard InChI is InChI=1S/C17H17N3O6/c1-10-4-5-12(8-13(10)20(23)24)17(22)19-18-9-11-6-14(25-2)16(21)15(7-11)26-3/h4-9,21H,1-3H3,(H,19,22). The number of nitro benzene ring substituents is 1. The van der Waals surface area contributed by atoms with E-state index in [0.717, 1.165) is 0 Å². The molecule has 0 spiro atoms. The Hall–Kier alpha value is -3.62. The van der Waals surface area contributed by atoms with Gasteiger partial charge in [-0.25, -0.2) is 5.43 Å². The number of amides is 1. The fourth-order valence-electron chi connectivity index (χ4n) is 2.17. The lowest BCUT2D eigenvalue weighted by Gasteiger charge is -2.09. The van der Waals surface area contributed by atoms with Crippen LogP contribution in [0.2, 0.25) is 0 Å². The molecule has 0 aliphatic rings. The number of phenolic OH excluding ortho intramolecular Hbond substituents is 1. The minimum absolute atomic E-state index is 0.111. The molecule has 136 valence electrons. The van der Waals surface area contributed by atoms with Crippen LogP contribution in [0.15, 0.2) is 35.4 Å².